The molecule has 1 aromatic heterocycles. The van der Waals surface area contributed by atoms with Crippen LogP contribution in [0.25, 0.3) is 0 Å². The second-order valence-electron chi connectivity index (χ2n) is 2.99. The lowest BCUT2D eigenvalue weighted by Gasteiger charge is -2.16. The van der Waals surface area contributed by atoms with Crippen LogP contribution in [0.15, 0.2) is 22.2 Å². The lowest BCUT2D eigenvalue weighted by Crippen LogP contribution is -2.28. The number of carboxylic acid groups (broad SMARTS) is 1. The van der Waals surface area contributed by atoms with E-state index in [1.807, 2.05) is 0 Å². The molecule has 0 aliphatic heterocycles. The summed E-state index contributed by atoms with van der Waals surface area (Å²) in [7, 11) is 0. The maximum atomic E-state index is 12.5. The van der Waals surface area contributed by atoms with Crippen molar-refractivity contribution >= 4 is 17.7 Å². The van der Waals surface area contributed by atoms with Crippen LogP contribution in [0.2, 0.25) is 0 Å². The van der Waals surface area contributed by atoms with E-state index in [1.54, 1.807) is 0 Å². The van der Waals surface area contributed by atoms with Gasteiger partial charge in [0.25, 0.3) is 5.56 Å². The highest BCUT2D eigenvalue weighted by Gasteiger charge is 2.42. The predicted octanol–water partition coefficient (Wildman–Crippen LogP) is 1.27. The third kappa shape index (κ3) is 4.47. The minimum absolute atomic E-state index is 0.166. The van der Waals surface area contributed by atoms with E-state index in [0.717, 1.165) is 12.3 Å². The van der Waals surface area contributed by atoms with Crippen LogP contribution in [0.3, 0.4) is 0 Å². The molecule has 0 spiro atoms. The maximum absolute atomic E-state index is 12.5. The van der Waals surface area contributed by atoms with Crippen molar-refractivity contribution in [3.63, 3.8) is 0 Å². The topological polar surface area (TPSA) is 83.0 Å². The molecular formula is C8H7F3N2O3S. The van der Waals surface area contributed by atoms with Crippen molar-refractivity contribution in [3.8, 4) is 0 Å². The van der Waals surface area contributed by atoms with Crippen molar-refractivity contribution in [2.24, 2.45) is 0 Å². The molecule has 1 heterocycles. The Balaban J connectivity index is 2.86. The first kappa shape index (κ1) is 13.6. The molecule has 2 N–H and O–H groups in total. The molecule has 9 heteroatoms. The van der Waals surface area contributed by atoms with Gasteiger partial charge in [0.15, 0.2) is 5.16 Å². The average molecular weight is 268 g/mol. The lowest BCUT2D eigenvalue weighted by atomic mass is 10.3. The van der Waals surface area contributed by atoms with E-state index in [-0.39, 0.29) is 16.9 Å². The van der Waals surface area contributed by atoms with Crippen LogP contribution in [-0.2, 0) is 4.79 Å². The van der Waals surface area contributed by atoms with Gasteiger partial charge in [0.05, 0.1) is 6.42 Å². The Morgan fingerprint density at radius 3 is 2.71 bits per heavy atom. The zero-order valence-electron chi connectivity index (χ0n) is 8.19. The molecular weight excluding hydrogens is 261 g/mol. The van der Waals surface area contributed by atoms with Crippen LogP contribution in [0.4, 0.5) is 13.2 Å². The van der Waals surface area contributed by atoms with E-state index in [0.29, 0.717) is 0 Å². The highest BCUT2D eigenvalue weighted by molar-refractivity contribution is 7.99. The molecule has 1 unspecified atom stereocenters. The summed E-state index contributed by atoms with van der Waals surface area (Å²) >= 11 is 0.166. The van der Waals surface area contributed by atoms with Gasteiger partial charge in [0, 0.05) is 12.3 Å². The van der Waals surface area contributed by atoms with Crippen molar-refractivity contribution in [2.45, 2.75) is 23.0 Å². The Morgan fingerprint density at radius 2 is 2.24 bits per heavy atom. The summed E-state index contributed by atoms with van der Waals surface area (Å²) in [6.07, 6.45) is -4.72. The van der Waals surface area contributed by atoms with Gasteiger partial charge in [-0.15, -0.1) is 0 Å². The smallest absolute Gasteiger partial charge is 0.401 e. The van der Waals surface area contributed by atoms with Crippen LogP contribution in [0.1, 0.15) is 6.42 Å². The largest absolute Gasteiger partial charge is 0.481 e. The Morgan fingerprint density at radius 1 is 1.59 bits per heavy atom. The summed E-state index contributed by atoms with van der Waals surface area (Å²) in [6, 6.07) is 1.05. The molecule has 0 radical (unpaired) electrons. The standard InChI is InChI=1S/C8H7F3N2O3S/c9-8(10,11)4(3-6(15)16)17-7-12-2-1-5(14)13-7/h1-2,4H,3H2,(H,15,16)(H,12,13,14). The summed E-state index contributed by atoms with van der Waals surface area (Å²) in [5.41, 5.74) is -0.598. The molecule has 0 amide bonds. The third-order valence-electron chi connectivity index (χ3n) is 1.63. The van der Waals surface area contributed by atoms with Crippen LogP contribution < -0.4 is 5.56 Å². The summed E-state index contributed by atoms with van der Waals surface area (Å²) in [5.74, 6) is -1.57. The summed E-state index contributed by atoms with van der Waals surface area (Å²) in [5, 5.41) is 5.96. The quantitative estimate of drug-likeness (QED) is 0.634. The molecule has 0 fully saturated rings. The van der Waals surface area contributed by atoms with Gasteiger partial charge in [0.2, 0.25) is 0 Å². The molecule has 0 aliphatic rings. The molecule has 0 bridgehead atoms. The molecule has 0 saturated heterocycles. The van der Waals surface area contributed by atoms with Gasteiger partial charge in [-0.05, 0) is 0 Å². The van der Waals surface area contributed by atoms with Gasteiger partial charge in [-0.25, -0.2) is 4.98 Å². The molecule has 1 rings (SSSR count). The minimum atomic E-state index is -4.68. The van der Waals surface area contributed by atoms with Crippen LogP contribution in [0, 0.1) is 0 Å². The molecule has 0 aliphatic carbocycles. The number of carboxylic acids is 1. The monoisotopic (exact) mass is 268 g/mol. The number of nitrogens with zero attached hydrogens (tertiary/aromatic N) is 1. The van der Waals surface area contributed by atoms with Crippen molar-refractivity contribution in [3.05, 3.63) is 22.6 Å². The van der Waals surface area contributed by atoms with E-state index < -0.39 is 29.4 Å². The third-order valence-corrected chi connectivity index (χ3v) is 2.78. The molecule has 1 atom stereocenters. The van der Waals surface area contributed by atoms with Gasteiger partial charge in [-0.1, -0.05) is 11.8 Å². The van der Waals surface area contributed by atoms with Gasteiger partial charge >= 0.3 is 12.1 Å². The van der Waals surface area contributed by atoms with Crippen LogP contribution in [0.5, 0.6) is 0 Å². The van der Waals surface area contributed by atoms with E-state index in [2.05, 4.69) is 9.97 Å². The number of hydrogen-bond acceptors (Lipinski definition) is 4. The normalized spacial score (nSPS) is 13.4. The van der Waals surface area contributed by atoms with Gasteiger partial charge in [0.1, 0.15) is 5.25 Å². The fourth-order valence-electron chi connectivity index (χ4n) is 0.929. The zero-order chi connectivity index (χ0) is 13.1. The van der Waals surface area contributed by atoms with Crippen molar-refractivity contribution in [1.82, 2.24) is 9.97 Å². The number of halogens is 3. The highest BCUT2D eigenvalue weighted by Crippen LogP contribution is 2.35. The number of H-pyrrole nitrogens is 1. The first-order chi connectivity index (χ1) is 7.79. The van der Waals surface area contributed by atoms with Crippen molar-refractivity contribution < 1.29 is 23.1 Å². The van der Waals surface area contributed by atoms with Crippen LogP contribution in [-0.4, -0.2) is 32.5 Å². The average Bonchev–Trinajstić information content (AvgIpc) is 2.14. The number of aromatic nitrogens is 2. The number of nitrogens with one attached hydrogen (secondary N) is 1. The molecule has 0 aromatic carbocycles. The lowest BCUT2D eigenvalue weighted by molar-refractivity contribution is -0.149. The second-order valence-corrected chi connectivity index (χ2v) is 4.18. The number of alkyl halides is 3. The van der Waals surface area contributed by atoms with Gasteiger partial charge in [-0.2, -0.15) is 13.2 Å². The molecule has 0 saturated carbocycles. The fraction of sp³-hybridized carbons (Fsp3) is 0.375. The SMILES string of the molecule is O=C(O)CC(Sc1nccc(=O)[nH]1)C(F)(F)F. The first-order valence-corrected chi connectivity index (χ1v) is 5.17. The number of aliphatic carboxylic acids is 1. The summed E-state index contributed by atoms with van der Waals surface area (Å²) in [6.45, 7) is 0. The number of rotatable bonds is 4. The fourth-order valence-corrected chi connectivity index (χ4v) is 1.84. The summed E-state index contributed by atoms with van der Waals surface area (Å²) in [4.78, 5) is 26.7. The molecule has 17 heavy (non-hydrogen) atoms. The molecule has 94 valence electrons. The molecule has 1 aromatic rings. The Hall–Kier alpha value is -1.51. The molecule has 5 nitrogen and oxygen atoms in total. The highest BCUT2D eigenvalue weighted by atomic mass is 32.2. The Bertz CT molecular complexity index is 460. The second kappa shape index (κ2) is 5.21. The number of thioether (sulfide) groups is 1. The Labute approximate surface area is 97.1 Å². The van der Waals surface area contributed by atoms with E-state index in [1.165, 1.54) is 0 Å². The maximum Gasteiger partial charge on any atom is 0.401 e. The number of hydrogen-bond donors (Lipinski definition) is 2. The first-order valence-electron chi connectivity index (χ1n) is 4.29. The Kier molecular flexibility index (Phi) is 4.16. The van der Waals surface area contributed by atoms with Crippen molar-refractivity contribution in [1.29, 1.82) is 0 Å². The van der Waals surface area contributed by atoms with E-state index >= 15 is 0 Å². The van der Waals surface area contributed by atoms with Gasteiger partial charge in [-0.3, -0.25) is 9.59 Å². The minimum Gasteiger partial charge on any atom is -0.481 e. The zero-order valence-corrected chi connectivity index (χ0v) is 9.01. The number of aromatic amines is 1. The van der Waals surface area contributed by atoms with E-state index in [4.69, 9.17) is 5.11 Å². The number of carbonyl (C=O) groups is 1. The van der Waals surface area contributed by atoms with E-state index in [9.17, 15) is 22.8 Å². The van der Waals surface area contributed by atoms with Crippen molar-refractivity contribution in [2.75, 3.05) is 0 Å². The van der Waals surface area contributed by atoms with Crippen LogP contribution >= 0.6 is 11.8 Å². The van der Waals surface area contributed by atoms with Gasteiger partial charge < -0.3 is 10.1 Å². The summed E-state index contributed by atoms with van der Waals surface area (Å²) < 4.78 is 37.4. The predicted molar refractivity (Wildman–Crippen MR) is 52.8 cm³/mol.